The molecule has 1 aromatic carbocycles. The quantitative estimate of drug-likeness (QED) is 0.851. The van der Waals surface area contributed by atoms with E-state index >= 15 is 0 Å². The number of hydrogen-bond donors (Lipinski definition) is 1. The highest BCUT2D eigenvalue weighted by Crippen LogP contribution is 2.24. The van der Waals surface area contributed by atoms with E-state index in [1.165, 1.54) is 6.42 Å². The van der Waals surface area contributed by atoms with Crippen molar-refractivity contribution in [2.75, 3.05) is 45.2 Å². The van der Waals surface area contributed by atoms with E-state index in [0.717, 1.165) is 37.4 Å². The highest BCUT2D eigenvalue weighted by atomic mass is 16.1. The molecular weight excluding hydrogens is 338 g/mol. The van der Waals surface area contributed by atoms with Gasteiger partial charge in [0.2, 0.25) is 0 Å². The van der Waals surface area contributed by atoms with Crippen LogP contribution in [-0.4, -0.2) is 61.0 Å². The molecule has 1 fully saturated rings. The van der Waals surface area contributed by atoms with Crippen LogP contribution in [0.15, 0.2) is 36.4 Å². The van der Waals surface area contributed by atoms with E-state index in [0.29, 0.717) is 24.0 Å². The maximum absolute atomic E-state index is 12.7. The molecule has 1 saturated heterocycles. The van der Waals surface area contributed by atoms with Gasteiger partial charge in [-0.25, -0.2) is 9.97 Å². The Labute approximate surface area is 161 Å². The zero-order valence-electron chi connectivity index (χ0n) is 16.5. The lowest BCUT2D eigenvalue weighted by Crippen LogP contribution is -2.36. The van der Waals surface area contributed by atoms with Crippen LogP contribution in [-0.2, 0) is 0 Å². The third-order valence-corrected chi connectivity index (χ3v) is 4.80. The SMILES string of the molecule is CC1CCCN(c2cc(C(=O)NCCN(C)C)nc(-c3ccccc3)n2)C1. The van der Waals surface area contributed by atoms with Gasteiger partial charge in [0.1, 0.15) is 11.5 Å². The average Bonchev–Trinajstić information content (AvgIpc) is 2.68. The van der Waals surface area contributed by atoms with Gasteiger partial charge < -0.3 is 15.1 Å². The highest BCUT2D eigenvalue weighted by molar-refractivity contribution is 5.93. The topological polar surface area (TPSA) is 61.4 Å². The van der Waals surface area contributed by atoms with Crippen LogP contribution in [0, 0.1) is 5.92 Å². The first kappa shape index (κ1) is 19.3. The second kappa shape index (κ2) is 8.95. The number of anilines is 1. The van der Waals surface area contributed by atoms with Gasteiger partial charge in [-0.15, -0.1) is 0 Å². The molecule has 1 N–H and O–H groups in total. The van der Waals surface area contributed by atoms with Crippen LogP contribution in [0.5, 0.6) is 0 Å². The van der Waals surface area contributed by atoms with E-state index in [-0.39, 0.29) is 5.91 Å². The van der Waals surface area contributed by atoms with Crippen molar-refractivity contribution in [3.05, 3.63) is 42.1 Å². The largest absolute Gasteiger partial charge is 0.356 e. The molecule has 2 heterocycles. The number of piperidine rings is 1. The van der Waals surface area contributed by atoms with Gasteiger partial charge in [0, 0.05) is 37.8 Å². The van der Waals surface area contributed by atoms with Crippen molar-refractivity contribution in [2.24, 2.45) is 5.92 Å². The molecule has 1 aromatic heterocycles. The number of amides is 1. The van der Waals surface area contributed by atoms with Crippen LogP contribution in [0.4, 0.5) is 5.82 Å². The van der Waals surface area contributed by atoms with Gasteiger partial charge in [0.15, 0.2) is 5.82 Å². The summed E-state index contributed by atoms with van der Waals surface area (Å²) in [5.41, 5.74) is 1.35. The lowest BCUT2D eigenvalue weighted by molar-refractivity contribution is 0.0946. The number of carbonyl (C=O) groups excluding carboxylic acids is 1. The summed E-state index contributed by atoms with van der Waals surface area (Å²) in [6.07, 6.45) is 2.39. The minimum absolute atomic E-state index is 0.150. The summed E-state index contributed by atoms with van der Waals surface area (Å²) in [5, 5.41) is 2.96. The summed E-state index contributed by atoms with van der Waals surface area (Å²) in [6.45, 7) is 5.58. The molecule has 1 aliphatic rings. The molecule has 6 heteroatoms. The molecule has 0 saturated carbocycles. The summed E-state index contributed by atoms with van der Waals surface area (Å²) in [5.74, 6) is 1.92. The minimum Gasteiger partial charge on any atom is -0.356 e. The number of rotatable bonds is 6. The van der Waals surface area contributed by atoms with E-state index in [1.807, 2.05) is 55.4 Å². The van der Waals surface area contributed by atoms with Crippen molar-refractivity contribution in [2.45, 2.75) is 19.8 Å². The van der Waals surface area contributed by atoms with Crippen molar-refractivity contribution in [1.29, 1.82) is 0 Å². The van der Waals surface area contributed by atoms with Gasteiger partial charge in [-0.05, 0) is 32.9 Å². The first-order chi connectivity index (χ1) is 13.0. The number of nitrogens with zero attached hydrogens (tertiary/aromatic N) is 4. The lowest BCUT2D eigenvalue weighted by atomic mass is 10.0. The Balaban J connectivity index is 1.89. The van der Waals surface area contributed by atoms with Crippen LogP contribution >= 0.6 is 0 Å². The van der Waals surface area contributed by atoms with E-state index in [9.17, 15) is 4.79 Å². The lowest BCUT2D eigenvalue weighted by Gasteiger charge is -2.32. The van der Waals surface area contributed by atoms with Crippen molar-refractivity contribution in [3.63, 3.8) is 0 Å². The second-order valence-corrected chi connectivity index (χ2v) is 7.55. The second-order valence-electron chi connectivity index (χ2n) is 7.55. The third kappa shape index (κ3) is 5.26. The van der Waals surface area contributed by atoms with Crippen LogP contribution in [0.25, 0.3) is 11.4 Å². The Morgan fingerprint density at radius 2 is 2.04 bits per heavy atom. The van der Waals surface area contributed by atoms with E-state index in [4.69, 9.17) is 4.98 Å². The van der Waals surface area contributed by atoms with Gasteiger partial charge in [-0.1, -0.05) is 37.3 Å². The Morgan fingerprint density at radius 1 is 1.26 bits per heavy atom. The third-order valence-electron chi connectivity index (χ3n) is 4.80. The van der Waals surface area contributed by atoms with Crippen molar-refractivity contribution in [1.82, 2.24) is 20.2 Å². The fraction of sp³-hybridized carbons (Fsp3) is 0.476. The summed E-state index contributed by atoms with van der Waals surface area (Å²) < 4.78 is 0. The van der Waals surface area contributed by atoms with Crippen LogP contribution in [0.1, 0.15) is 30.3 Å². The smallest absolute Gasteiger partial charge is 0.270 e. The van der Waals surface area contributed by atoms with E-state index in [1.54, 1.807) is 0 Å². The van der Waals surface area contributed by atoms with Crippen LogP contribution in [0.2, 0.25) is 0 Å². The molecule has 0 radical (unpaired) electrons. The molecule has 1 aliphatic heterocycles. The molecule has 0 bridgehead atoms. The number of likely N-dealkylation sites (N-methyl/N-ethyl adjacent to an activating group) is 1. The monoisotopic (exact) mass is 367 g/mol. The molecule has 1 unspecified atom stereocenters. The fourth-order valence-electron chi connectivity index (χ4n) is 3.31. The maximum Gasteiger partial charge on any atom is 0.270 e. The molecular formula is C21H29N5O. The van der Waals surface area contributed by atoms with E-state index < -0.39 is 0 Å². The molecule has 0 spiro atoms. The van der Waals surface area contributed by atoms with Gasteiger partial charge >= 0.3 is 0 Å². The highest BCUT2D eigenvalue weighted by Gasteiger charge is 2.21. The molecule has 144 valence electrons. The predicted octanol–water partition coefficient (Wildman–Crippen LogP) is 2.67. The summed E-state index contributed by atoms with van der Waals surface area (Å²) in [6, 6.07) is 11.7. The summed E-state index contributed by atoms with van der Waals surface area (Å²) in [7, 11) is 3.97. The molecule has 1 amide bonds. The summed E-state index contributed by atoms with van der Waals surface area (Å²) >= 11 is 0. The molecule has 6 nitrogen and oxygen atoms in total. The van der Waals surface area contributed by atoms with Gasteiger partial charge in [0.05, 0.1) is 0 Å². The number of benzene rings is 1. The number of aromatic nitrogens is 2. The summed E-state index contributed by atoms with van der Waals surface area (Å²) in [4.78, 5) is 26.3. The number of hydrogen-bond acceptors (Lipinski definition) is 5. The molecule has 2 aromatic rings. The zero-order valence-corrected chi connectivity index (χ0v) is 16.5. The first-order valence-electron chi connectivity index (χ1n) is 9.65. The van der Waals surface area contributed by atoms with Gasteiger partial charge in [-0.3, -0.25) is 4.79 Å². The average molecular weight is 367 g/mol. The van der Waals surface area contributed by atoms with Crippen LogP contribution in [0.3, 0.4) is 0 Å². The zero-order chi connectivity index (χ0) is 19.2. The number of nitrogens with one attached hydrogen (secondary N) is 1. The Hall–Kier alpha value is -2.47. The Morgan fingerprint density at radius 3 is 2.74 bits per heavy atom. The van der Waals surface area contributed by atoms with Gasteiger partial charge in [0.25, 0.3) is 5.91 Å². The van der Waals surface area contributed by atoms with Gasteiger partial charge in [-0.2, -0.15) is 0 Å². The Bertz CT molecular complexity index is 762. The first-order valence-corrected chi connectivity index (χ1v) is 9.65. The predicted molar refractivity (Wildman–Crippen MR) is 109 cm³/mol. The van der Waals surface area contributed by atoms with Crippen molar-refractivity contribution < 1.29 is 4.79 Å². The van der Waals surface area contributed by atoms with Crippen molar-refractivity contribution >= 4 is 11.7 Å². The fourth-order valence-corrected chi connectivity index (χ4v) is 3.31. The van der Waals surface area contributed by atoms with Crippen molar-refractivity contribution in [3.8, 4) is 11.4 Å². The number of carbonyl (C=O) groups is 1. The van der Waals surface area contributed by atoms with E-state index in [2.05, 4.69) is 22.1 Å². The molecule has 27 heavy (non-hydrogen) atoms. The molecule has 0 aliphatic carbocycles. The standard InChI is InChI=1S/C21H29N5O/c1-16-8-7-12-26(15-16)19-14-18(21(27)22-11-13-25(2)3)23-20(24-19)17-9-5-4-6-10-17/h4-6,9-10,14,16H,7-8,11-13,15H2,1-3H3,(H,22,27). The minimum atomic E-state index is -0.150. The molecule has 3 rings (SSSR count). The Kier molecular flexibility index (Phi) is 6.40. The maximum atomic E-state index is 12.7. The molecule has 1 atom stereocenters. The van der Waals surface area contributed by atoms with Crippen LogP contribution < -0.4 is 10.2 Å². The normalized spacial score (nSPS) is 17.2.